The predicted molar refractivity (Wildman–Crippen MR) is 192 cm³/mol. The van der Waals surface area contributed by atoms with Gasteiger partial charge in [0.25, 0.3) is 5.91 Å². The normalized spacial score (nSPS) is 21.2. The highest BCUT2D eigenvalue weighted by atomic mass is 16.5. The third-order valence-corrected chi connectivity index (χ3v) is 9.75. The van der Waals surface area contributed by atoms with E-state index in [2.05, 4.69) is 26.2 Å². The Morgan fingerprint density at radius 3 is 2.48 bits per heavy atom. The molecule has 4 aromatic rings. The van der Waals surface area contributed by atoms with E-state index in [1.165, 1.54) is 0 Å². The van der Waals surface area contributed by atoms with Crippen LogP contribution < -0.4 is 26.0 Å². The number of ether oxygens (including phenoxy) is 1. The molecule has 3 atom stereocenters. The van der Waals surface area contributed by atoms with Gasteiger partial charge in [-0.1, -0.05) is 66.7 Å². The van der Waals surface area contributed by atoms with Crippen molar-refractivity contribution in [3.05, 3.63) is 96.6 Å². The maximum absolute atomic E-state index is 14.4. The van der Waals surface area contributed by atoms with Crippen LogP contribution in [0.5, 0.6) is 5.75 Å². The fraction of sp³-hybridized carbons (Fsp3) is 0.333. The smallest absolute Gasteiger partial charge is 0.319 e. The molecule has 4 aromatic carbocycles. The van der Waals surface area contributed by atoms with Gasteiger partial charge in [-0.25, -0.2) is 4.79 Å². The van der Waals surface area contributed by atoms with E-state index >= 15 is 0 Å². The molecular formula is C39H42N6O5. The topological polar surface area (TPSA) is 132 Å². The fourth-order valence-electron chi connectivity index (χ4n) is 7.28. The zero-order chi connectivity index (χ0) is 34.5. The first-order chi connectivity index (χ1) is 24.4. The Labute approximate surface area is 291 Å². The first-order valence-electron chi connectivity index (χ1n) is 17.4. The number of urea groups is 1. The number of benzene rings is 4. The molecule has 2 fully saturated rings. The summed E-state index contributed by atoms with van der Waals surface area (Å²) in [6.07, 6.45) is 2.84. The van der Waals surface area contributed by atoms with Gasteiger partial charge in [-0.3, -0.25) is 19.3 Å². The molecule has 7 rings (SSSR count). The predicted octanol–water partition coefficient (Wildman–Crippen LogP) is 4.39. The van der Waals surface area contributed by atoms with Gasteiger partial charge < -0.3 is 30.9 Å². The number of amides is 5. The number of carbonyl (C=O) groups is 4. The van der Waals surface area contributed by atoms with Crippen molar-refractivity contribution in [2.75, 3.05) is 44.6 Å². The summed E-state index contributed by atoms with van der Waals surface area (Å²) in [6, 6.07) is 26.2. The molecule has 3 aliphatic rings. The molecule has 4 N–H and O–H groups in total. The van der Waals surface area contributed by atoms with Crippen molar-refractivity contribution in [3.63, 3.8) is 0 Å². The van der Waals surface area contributed by atoms with Crippen LogP contribution in [0, 0.1) is 0 Å². The van der Waals surface area contributed by atoms with Crippen molar-refractivity contribution >= 4 is 40.2 Å². The summed E-state index contributed by atoms with van der Waals surface area (Å²) in [5, 5.41) is 13.8. The van der Waals surface area contributed by atoms with Gasteiger partial charge in [0.2, 0.25) is 11.8 Å². The molecule has 0 unspecified atom stereocenters. The third-order valence-electron chi connectivity index (χ3n) is 9.75. The van der Waals surface area contributed by atoms with Crippen LogP contribution in [0.25, 0.3) is 21.9 Å². The molecule has 11 nitrogen and oxygen atoms in total. The number of likely N-dealkylation sites (tertiary alicyclic amines) is 1. The minimum atomic E-state index is -0.965. The van der Waals surface area contributed by atoms with E-state index in [4.69, 9.17) is 4.74 Å². The standard InChI is InChI=1S/C39H42N6O5/c46-36(24-44-19-5-6-20-44)41-28-22-29-25-50-30-12-7-11-27(21-30)31-13-3-4-15-33(31)37(47)40-18-17-35(38(48)45(29)23-28)43-39(49)42-34-16-8-10-26-9-1-2-14-32(26)34/h1-4,7-16,21,28-29,35H,5-6,17-20,22-25H2,(H,40,47)(H,41,46)(H2,42,43,49)/t28-,29-,35+/m0/s1. The molecule has 2 bridgehead atoms. The summed E-state index contributed by atoms with van der Waals surface area (Å²) in [4.78, 5) is 58.3. The van der Waals surface area contributed by atoms with Crippen LogP contribution in [-0.4, -0.2) is 91.0 Å². The zero-order valence-corrected chi connectivity index (χ0v) is 27.9. The van der Waals surface area contributed by atoms with E-state index < -0.39 is 12.1 Å². The SMILES string of the molecule is O=C(CN1CCCC1)N[C@H]1C[C@H]2COc3cccc(c3)-c3ccccc3C(=O)NCC[C@@H](NC(=O)Nc3cccc4ccccc34)C(=O)N2C1. The number of rotatable bonds is 5. The van der Waals surface area contributed by atoms with E-state index in [-0.39, 0.29) is 55.9 Å². The van der Waals surface area contributed by atoms with Crippen LogP contribution in [-0.2, 0) is 9.59 Å². The average molecular weight is 675 g/mol. The van der Waals surface area contributed by atoms with Crippen molar-refractivity contribution < 1.29 is 23.9 Å². The van der Waals surface area contributed by atoms with Gasteiger partial charge in [-0.2, -0.15) is 0 Å². The van der Waals surface area contributed by atoms with E-state index in [0.717, 1.165) is 47.8 Å². The molecule has 0 radical (unpaired) electrons. The van der Waals surface area contributed by atoms with Crippen molar-refractivity contribution in [3.8, 4) is 16.9 Å². The van der Waals surface area contributed by atoms with Crippen LogP contribution in [0.1, 0.15) is 36.0 Å². The summed E-state index contributed by atoms with van der Waals surface area (Å²) in [5.41, 5.74) is 2.70. The zero-order valence-electron chi connectivity index (χ0n) is 27.9. The van der Waals surface area contributed by atoms with Gasteiger partial charge in [0, 0.05) is 30.1 Å². The van der Waals surface area contributed by atoms with Gasteiger partial charge in [0.1, 0.15) is 18.4 Å². The van der Waals surface area contributed by atoms with Crippen LogP contribution >= 0.6 is 0 Å². The maximum atomic E-state index is 14.4. The Balaban J connectivity index is 1.15. The molecule has 3 heterocycles. The number of nitrogens with zero attached hydrogens (tertiary/aromatic N) is 2. The number of hydrogen-bond donors (Lipinski definition) is 4. The Hall–Kier alpha value is -5.42. The lowest BCUT2D eigenvalue weighted by Crippen LogP contribution is -2.53. The summed E-state index contributed by atoms with van der Waals surface area (Å²) in [7, 11) is 0. The van der Waals surface area contributed by atoms with Gasteiger partial charge in [0.15, 0.2) is 0 Å². The highest BCUT2D eigenvalue weighted by molar-refractivity contribution is 6.03. The van der Waals surface area contributed by atoms with Gasteiger partial charge in [-0.05, 0) is 79.6 Å². The van der Waals surface area contributed by atoms with E-state index in [0.29, 0.717) is 30.0 Å². The first kappa shape index (κ1) is 33.1. The van der Waals surface area contributed by atoms with Crippen LogP contribution in [0.3, 0.4) is 0 Å². The summed E-state index contributed by atoms with van der Waals surface area (Å²) in [5.74, 6) is -0.0499. The lowest BCUT2D eigenvalue weighted by atomic mass is 9.99. The molecule has 258 valence electrons. The molecule has 11 heteroatoms. The van der Waals surface area contributed by atoms with E-state index in [1.807, 2.05) is 84.9 Å². The van der Waals surface area contributed by atoms with Crippen molar-refractivity contribution in [1.82, 2.24) is 25.8 Å². The second-order valence-corrected chi connectivity index (χ2v) is 13.2. The van der Waals surface area contributed by atoms with Crippen molar-refractivity contribution in [2.24, 2.45) is 0 Å². The van der Waals surface area contributed by atoms with Crippen molar-refractivity contribution in [1.29, 1.82) is 0 Å². The Bertz CT molecular complexity index is 1890. The second kappa shape index (κ2) is 15.0. The Morgan fingerprint density at radius 2 is 1.62 bits per heavy atom. The van der Waals surface area contributed by atoms with Gasteiger partial charge >= 0.3 is 6.03 Å². The number of carbonyl (C=O) groups excluding carboxylic acids is 4. The first-order valence-corrected chi connectivity index (χ1v) is 17.4. The number of fused-ring (bicyclic) bond motifs is 6. The van der Waals surface area contributed by atoms with Crippen LogP contribution in [0.2, 0.25) is 0 Å². The summed E-state index contributed by atoms with van der Waals surface area (Å²) in [6.45, 7) is 2.77. The Kier molecular flexibility index (Phi) is 9.93. The molecule has 3 aliphatic heterocycles. The highest BCUT2D eigenvalue weighted by Gasteiger charge is 2.40. The summed E-state index contributed by atoms with van der Waals surface area (Å²) >= 11 is 0. The maximum Gasteiger partial charge on any atom is 0.319 e. The second-order valence-electron chi connectivity index (χ2n) is 13.2. The molecule has 0 saturated carbocycles. The minimum absolute atomic E-state index is 0.0637. The van der Waals surface area contributed by atoms with E-state index in [9.17, 15) is 19.2 Å². The summed E-state index contributed by atoms with van der Waals surface area (Å²) < 4.78 is 6.31. The fourth-order valence-corrected chi connectivity index (χ4v) is 7.28. The highest BCUT2D eigenvalue weighted by Crippen LogP contribution is 2.29. The lowest BCUT2D eigenvalue weighted by Gasteiger charge is -2.29. The minimum Gasteiger partial charge on any atom is -0.491 e. The third kappa shape index (κ3) is 7.58. The monoisotopic (exact) mass is 674 g/mol. The molecular weight excluding hydrogens is 632 g/mol. The average Bonchev–Trinajstić information content (AvgIpc) is 3.79. The molecule has 2 saturated heterocycles. The molecule has 0 aromatic heterocycles. The van der Waals surface area contributed by atoms with Gasteiger partial charge in [-0.15, -0.1) is 0 Å². The van der Waals surface area contributed by atoms with E-state index in [1.54, 1.807) is 11.0 Å². The Morgan fingerprint density at radius 1 is 0.860 bits per heavy atom. The number of hydrogen-bond acceptors (Lipinski definition) is 6. The molecule has 0 spiro atoms. The molecule has 5 amide bonds. The van der Waals surface area contributed by atoms with Crippen LogP contribution in [0.4, 0.5) is 10.5 Å². The largest absolute Gasteiger partial charge is 0.491 e. The number of nitrogens with one attached hydrogen (secondary N) is 4. The molecule has 0 aliphatic carbocycles. The van der Waals surface area contributed by atoms with Crippen molar-refractivity contribution in [2.45, 2.75) is 43.8 Å². The van der Waals surface area contributed by atoms with Gasteiger partial charge in [0.05, 0.1) is 18.3 Å². The number of anilines is 1. The van der Waals surface area contributed by atoms with Crippen LogP contribution in [0.15, 0.2) is 91.0 Å². The lowest BCUT2D eigenvalue weighted by molar-refractivity contribution is -0.135. The quantitative estimate of drug-likeness (QED) is 0.249. The molecule has 50 heavy (non-hydrogen) atoms.